The average Bonchev–Trinajstić information content (AvgIpc) is 2.94. The summed E-state index contributed by atoms with van der Waals surface area (Å²) in [4.78, 5) is 6.63. The standard InChI is InChI=1S/C15H21N5O2/c1-9-4-12(18-17-9)5-11-6-20(7-13(11)21)8-14-16-15(19-22-14)10-2-3-10/h4,10-11,13,21H,2-3,5-8H2,1H3,(H,17,18)/t11-,13-/m1/s1. The molecule has 118 valence electrons. The lowest BCUT2D eigenvalue weighted by Gasteiger charge is -2.12. The van der Waals surface area contributed by atoms with Gasteiger partial charge in [0.1, 0.15) is 0 Å². The summed E-state index contributed by atoms with van der Waals surface area (Å²) < 4.78 is 5.32. The Bertz CT molecular complexity index is 648. The van der Waals surface area contributed by atoms with Gasteiger partial charge in [-0.25, -0.2) is 0 Å². The number of nitrogens with zero attached hydrogens (tertiary/aromatic N) is 4. The Hall–Kier alpha value is -1.73. The van der Waals surface area contributed by atoms with Crippen molar-refractivity contribution in [3.05, 3.63) is 29.2 Å². The van der Waals surface area contributed by atoms with Crippen molar-refractivity contribution < 1.29 is 9.63 Å². The van der Waals surface area contributed by atoms with Crippen molar-refractivity contribution in [3.63, 3.8) is 0 Å². The second-order valence-corrected chi connectivity index (χ2v) is 6.59. The molecule has 2 atom stereocenters. The zero-order valence-electron chi connectivity index (χ0n) is 12.7. The van der Waals surface area contributed by atoms with Crippen molar-refractivity contribution in [2.75, 3.05) is 13.1 Å². The third kappa shape index (κ3) is 2.91. The van der Waals surface area contributed by atoms with E-state index in [1.807, 2.05) is 13.0 Å². The zero-order valence-corrected chi connectivity index (χ0v) is 12.7. The molecule has 2 aromatic heterocycles. The van der Waals surface area contributed by atoms with E-state index in [0.29, 0.717) is 24.9 Å². The summed E-state index contributed by atoms with van der Waals surface area (Å²) in [5.41, 5.74) is 2.06. The number of aromatic amines is 1. The fourth-order valence-electron chi connectivity index (χ4n) is 3.15. The van der Waals surface area contributed by atoms with Crippen molar-refractivity contribution in [2.45, 2.75) is 44.8 Å². The average molecular weight is 303 g/mol. The van der Waals surface area contributed by atoms with E-state index in [1.54, 1.807) is 0 Å². The predicted molar refractivity (Wildman–Crippen MR) is 78.1 cm³/mol. The van der Waals surface area contributed by atoms with Crippen LogP contribution in [0.5, 0.6) is 0 Å². The Morgan fingerprint density at radius 1 is 1.41 bits per heavy atom. The first-order valence-electron chi connectivity index (χ1n) is 7.91. The second kappa shape index (κ2) is 5.48. The molecule has 1 saturated heterocycles. The lowest BCUT2D eigenvalue weighted by atomic mass is 10.0. The van der Waals surface area contributed by atoms with E-state index in [4.69, 9.17) is 4.52 Å². The van der Waals surface area contributed by atoms with Crippen LogP contribution < -0.4 is 0 Å². The van der Waals surface area contributed by atoms with E-state index in [2.05, 4.69) is 25.2 Å². The fraction of sp³-hybridized carbons (Fsp3) is 0.667. The lowest BCUT2D eigenvalue weighted by molar-refractivity contribution is 0.139. The minimum atomic E-state index is -0.331. The molecule has 2 aliphatic rings. The Labute approximate surface area is 128 Å². The molecule has 7 heteroatoms. The van der Waals surface area contributed by atoms with Gasteiger partial charge < -0.3 is 9.63 Å². The summed E-state index contributed by atoms with van der Waals surface area (Å²) in [6, 6.07) is 2.04. The number of H-pyrrole nitrogens is 1. The number of aliphatic hydroxyl groups is 1. The zero-order chi connectivity index (χ0) is 15.1. The van der Waals surface area contributed by atoms with Gasteiger partial charge in [0.05, 0.1) is 18.3 Å². The molecule has 4 rings (SSSR count). The molecule has 0 unspecified atom stereocenters. The molecule has 7 nitrogen and oxygen atoms in total. The molecule has 22 heavy (non-hydrogen) atoms. The smallest absolute Gasteiger partial charge is 0.240 e. The summed E-state index contributed by atoms with van der Waals surface area (Å²) in [7, 11) is 0. The molecule has 2 N–H and O–H groups in total. The van der Waals surface area contributed by atoms with Crippen LogP contribution in [0.2, 0.25) is 0 Å². The van der Waals surface area contributed by atoms with Crippen molar-refractivity contribution in [3.8, 4) is 0 Å². The largest absolute Gasteiger partial charge is 0.391 e. The molecule has 0 amide bonds. The highest BCUT2D eigenvalue weighted by molar-refractivity contribution is 5.09. The van der Waals surface area contributed by atoms with Crippen LogP contribution in [0.4, 0.5) is 0 Å². The molecule has 3 heterocycles. The van der Waals surface area contributed by atoms with Crippen molar-refractivity contribution in [2.24, 2.45) is 5.92 Å². The maximum atomic E-state index is 10.3. The molecule has 1 aliphatic carbocycles. The van der Waals surface area contributed by atoms with Crippen LogP contribution in [-0.2, 0) is 13.0 Å². The number of β-amino-alcohol motifs (C(OH)–C–C–N with tert-alkyl or cyclic N) is 1. The number of nitrogens with one attached hydrogen (secondary N) is 1. The first-order chi connectivity index (χ1) is 10.7. The lowest BCUT2D eigenvalue weighted by Crippen LogP contribution is -2.21. The number of rotatable bonds is 5. The molecule has 0 bridgehead atoms. The highest BCUT2D eigenvalue weighted by atomic mass is 16.5. The van der Waals surface area contributed by atoms with Crippen molar-refractivity contribution in [1.82, 2.24) is 25.2 Å². The van der Waals surface area contributed by atoms with Crippen LogP contribution in [-0.4, -0.2) is 49.5 Å². The van der Waals surface area contributed by atoms with Crippen molar-refractivity contribution in [1.29, 1.82) is 0 Å². The van der Waals surface area contributed by atoms with E-state index in [0.717, 1.165) is 30.2 Å². The summed E-state index contributed by atoms with van der Waals surface area (Å²) in [6.45, 7) is 4.08. The van der Waals surface area contributed by atoms with E-state index in [9.17, 15) is 5.11 Å². The molecule has 0 aromatic carbocycles. The van der Waals surface area contributed by atoms with Gasteiger partial charge in [-0.1, -0.05) is 5.16 Å². The number of hydrogen-bond donors (Lipinski definition) is 2. The molecular formula is C15H21N5O2. The maximum absolute atomic E-state index is 10.3. The molecule has 1 saturated carbocycles. The number of hydrogen-bond acceptors (Lipinski definition) is 6. The number of aliphatic hydroxyl groups excluding tert-OH is 1. The van der Waals surface area contributed by atoms with Gasteiger partial charge >= 0.3 is 0 Å². The topological polar surface area (TPSA) is 91.1 Å². The van der Waals surface area contributed by atoms with Crippen LogP contribution in [0.3, 0.4) is 0 Å². The normalized spacial score (nSPS) is 25.9. The Kier molecular flexibility index (Phi) is 3.46. The van der Waals surface area contributed by atoms with Gasteiger partial charge in [0, 0.05) is 30.6 Å². The summed E-state index contributed by atoms with van der Waals surface area (Å²) in [6.07, 6.45) is 2.81. The highest BCUT2D eigenvalue weighted by Gasteiger charge is 2.33. The second-order valence-electron chi connectivity index (χ2n) is 6.59. The van der Waals surface area contributed by atoms with E-state index >= 15 is 0 Å². The SMILES string of the molecule is Cc1cc(C[C@@H]2CN(Cc3nc(C4CC4)no3)C[C@H]2O)n[nH]1. The maximum Gasteiger partial charge on any atom is 0.240 e. The van der Waals surface area contributed by atoms with Crippen LogP contribution in [0, 0.1) is 12.8 Å². The van der Waals surface area contributed by atoms with Gasteiger partial charge in [0.25, 0.3) is 0 Å². The van der Waals surface area contributed by atoms with E-state index in [-0.39, 0.29) is 12.0 Å². The van der Waals surface area contributed by atoms with Gasteiger partial charge in [-0.2, -0.15) is 10.1 Å². The molecule has 0 spiro atoms. The number of aryl methyl sites for hydroxylation is 1. The third-order valence-corrected chi connectivity index (χ3v) is 4.50. The first kappa shape index (κ1) is 13.9. The Balaban J connectivity index is 1.35. The van der Waals surface area contributed by atoms with Gasteiger partial charge in [-0.3, -0.25) is 10.00 Å². The third-order valence-electron chi connectivity index (χ3n) is 4.50. The van der Waals surface area contributed by atoms with Crippen LogP contribution in [0.1, 0.15) is 41.9 Å². The van der Waals surface area contributed by atoms with Crippen LogP contribution >= 0.6 is 0 Å². The number of aromatic nitrogens is 4. The Morgan fingerprint density at radius 2 is 2.27 bits per heavy atom. The number of likely N-dealkylation sites (tertiary alicyclic amines) is 1. The predicted octanol–water partition coefficient (Wildman–Crippen LogP) is 1.01. The Morgan fingerprint density at radius 3 is 3.00 bits per heavy atom. The summed E-state index contributed by atoms with van der Waals surface area (Å²) in [5, 5.41) is 21.5. The quantitative estimate of drug-likeness (QED) is 0.857. The minimum absolute atomic E-state index is 0.202. The molecule has 2 aromatic rings. The molecule has 2 fully saturated rings. The van der Waals surface area contributed by atoms with E-state index in [1.165, 1.54) is 12.8 Å². The minimum Gasteiger partial charge on any atom is -0.391 e. The van der Waals surface area contributed by atoms with Crippen LogP contribution in [0.25, 0.3) is 0 Å². The molecule has 0 radical (unpaired) electrons. The fourth-order valence-corrected chi connectivity index (χ4v) is 3.15. The highest BCUT2D eigenvalue weighted by Crippen LogP contribution is 2.38. The van der Waals surface area contributed by atoms with E-state index < -0.39 is 0 Å². The summed E-state index contributed by atoms with van der Waals surface area (Å²) >= 11 is 0. The van der Waals surface area contributed by atoms with Crippen LogP contribution in [0.15, 0.2) is 10.6 Å². The van der Waals surface area contributed by atoms with Gasteiger partial charge in [0.2, 0.25) is 5.89 Å². The van der Waals surface area contributed by atoms with Gasteiger partial charge in [-0.05, 0) is 32.3 Å². The van der Waals surface area contributed by atoms with Gasteiger partial charge in [0.15, 0.2) is 5.82 Å². The van der Waals surface area contributed by atoms with Gasteiger partial charge in [-0.15, -0.1) is 0 Å². The summed E-state index contributed by atoms with van der Waals surface area (Å²) in [5.74, 6) is 2.22. The molecule has 1 aliphatic heterocycles. The van der Waals surface area contributed by atoms with Crippen molar-refractivity contribution >= 4 is 0 Å². The first-order valence-corrected chi connectivity index (χ1v) is 7.91. The molecular weight excluding hydrogens is 282 g/mol. The monoisotopic (exact) mass is 303 g/mol.